The van der Waals surface area contributed by atoms with E-state index < -0.39 is 0 Å². The van der Waals surface area contributed by atoms with Crippen molar-refractivity contribution in [3.63, 3.8) is 0 Å². The number of ether oxygens (including phenoxy) is 6. The first-order chi connectivity index (χ1) is 16.3. The van der Waals surface area contributed by atoms with Crippen LogP contribution in [0.15, 0.2) is 0 Å². The van der Waals surface area contributed by atoms with Gasteiger partial charge < -0.3 is 28.4 Å². The van der Waals surface area contributed by atoms with Crippen molar-refractivity contribution in [3.8, 4) is 0 Å². The number of hydrogen-bond donors (Lipinski definition) is 0. The summed E-state index contributed by atoms with van der Waals surface area (Å²) < 4.78 is 33.5. The van der Waals surface area contributed by atoms with E-state index in [1.165, 1.54) is 32.1 Å². The smallest absolute Gasteiger partial charge is 0.104 e. The van der Waals surface area contributed by atoms with Crippen LogP contribution in [-0.2, 0) is 28.4 Å². The lowest BCUT2D eigenvalue weighted by atomic mass is 9.68. The Bertz CT molecular complexity index is 797. The summed E-state index contributed by atoms with van der Waals surface area (Å²) >= 11 is 0. The van der Waals surface area contributed by atoms with Gasteiger partial charge >= 0.3 is 0 Å². The van der Waals surface area contributed by atoms with Crippen molar-refractivity contribution >= 4 is 0 Å². The zero-order chi connectivity index (χ0) is 21.3. The van der Waals surface area contributed by atoms with Gasteiger partial charge in [0.05, 0.1) is 50.8 Å². The molecule has 6 aliphatic carbocycles. The number of fused-ring (bicyclic) bond motifs is 17. The standard InChI is InChI=1S/C16H22O3.C11H16O3/c1-7-2-10(8(1)4-17-5-9-6-18-9)14-12-3-11(13(7)14)15-16(12)19-15;1-6-2-9(11-10(6)14-11)7(1)3-12-4-8-5-13-8/h7-16H,1-6H2;6-11H,1-5H2. The highest BCUT2D eigenvalue weighted by atomic mass is 16.6. The molecule has 16 unspecified atom stereocenters. The van der Waals surface area contributed by atoms with E-state index in [9.17, 15) is 0 Å². The third kappa shape index (κ3) is 3.20. The van der Waals surface area contributed by atoms with Gasteiger partial charge in [0.25, 0.3) is 0 Å². The van der Waals surface area contributed by atoms with Crippen molar-refractivity contribution in [1.29, 1.82) is 0 Å². The molecule has 4 heterocycles. The van der Waals surface area contributed by atoms with Gasteiger partial charge in [-0.3, -0.25) is 0 Å². The van der Waals surface area contributed by atoms with E-state index in [-0.39, 0.29) is 0 Å². The van der Waals surface area contributed by atoms with Gasteiger partial charge in [-0.05, 0) is 91.3 Å². The summed E-state index contributed by atoms with van der Waals surface area (Å²) in [5.74, 6) is 9.25. The van der Waals surface area contributed by atoms with Gasteiger partial charge in [-0.25, -0.2) is 0 Å². The first kappa shape index (κ1) is 19.9. The quantitative estimate of drug-likeness (QED) is 0.411. The molecule has 33 heavy (non-hydrogen) atoms. The largest absolute Gasteiger partial charge is 0.378 e. The number of epoxide rings is 4. The topological polar surface area (TPSA) is 68.6 Å². The van der Waals surface area contributed by atoms with Crippen LogP contribution in [0, 0.1) is 59.2 Å². The average molecular weight is 459 g/mol. The highest BCUT2D eigenvalue weighted by molar-refractivity contribution is 5.20. The fraction of sp³-hybridized carbons (Fsp3) is 1.00. The molecule has 6 heteroatoms. The second-order valence-electron chi connectivity index (χ2n) is 13.1. The van der Waals surface area contributed by atoms with E-state index in [1.54, 1.807) is 0 Å². The number of rotatable bonds is 8. The summed E-state index contributed by atoms with van der Waals surface area (Å²) in [7, 11) is 0. The van der Waals surface area contributed by atoms with Crippen LogP contribution in [0.5, 0.6) is 0 Å². The molecule has 182 valence electrons. The van der Waals surface area contributed by atoms with Crippen LogP contribution in [0.1, 0.15) is 32.1 Å². The lowest BCUT2D eigenvalue weighted by molar-refractivity contribution is 0.0325. The molecule has 0 aromatic heterocycles. The Balaban J connectivity index is 0.000000107. The fourth-order valence-corrected chi connectivity index (χ4v) is 10.1. The summed E-state index contributed by atoms with van der Waals surface area (Å²) in [4.78, 5) is 0. The predicted molar refractivity (Wildman–Crippen MR) is 116 cm³/mol. The Kier molecular flexibility index (Phi) is 4.32. The van der Waals surface area contributed by atoms with Gasteiger partial charge in [0.15, 0.2) is 0 Å². The predicted octanol–water partition coefficient (Wildman–Crippen LogP) is 2.53. The molecule has 0 amide bonds. The van der Waals surface area contributed by atoms with Crippen LogP contribution in [-0.4, -0.2) is 76.3 Å². The van der Waals surface area contributed by atoms with Gasteiger partial charge in [-0.2, -0.15) is 0 Å². The SMILES string of the molecule is C(OCC1CC2CC1C1C3CC(C4OC34)C21)C1CO1.C(OCC1CC2CC1C1OC21)C1CO1. The molecular weight excluding hydrogens is 420 g/mol. The van der Waals surface area contributed by atoms with Crippen molar-refractivity contribution in [2.75, 3.05) is 39.6 Å². The lowest BCUT2D eigenvalue weighted by Crippen LogP contribution is -2.37. The first-order valence-electron chi connectivity index (χ1n) is 14.0. The third-order valence-electron chi connectivity index (χ3n) is 11.5. The Morgan fingerprint density at radius 1 is 0.515 bits per heavy atom. The molecular formula is C27H38O6. The van der Waals surface area contributed by atoms with Crippen LogP contribution < -0.4 is 0 Å². The molecule has 10 rings (SSSR count). The average Bonchev–Trinajstić information content (AvgIpc) is 3.77. The molecule has 6 bridgehead atoms. The van der Waals surface area contributed by atoms with Crippen molar-refractivity contribution in [2.24, 2.45) is 59.2 Å². The van der Waals surface area contributed by atoms with E-state index in [1.807, 2.05) is 0 Å². The van der Waals surface area contributed by atoms with Crippen LogP contribution in [0.4, 0.5) is 0 Å². The van der Waals surface area contributed by atoms with Crippen LogP contribution in [0.3, 0.4) is 0 Å². The number of hydrogen-bond acceptors (Lipinski definition) is 6. The molecule has 10 fully saturated rings. The van der Waals surface area contributed by atoms with Crippen LogP contribution in [0.25, 0.3) is 0 Å². The van der Waals surface area contributed by atoms with Crippen molar-refractivity contribution < 1.29 is 28.4 Å². The maximum Gasteiger partial charge on any atom is 0.104 e. The second kappa shape index (κ2) is 7.17. The monoisotopic (exact) mass is 458 g/mol. The fourth-order valence-electron chi connectivity index (χ4n) is 10.1. The molecule has 0 aromatic rings. The molecule has 6 saturated carbocycles. The minimum Gasteiger partial charge on any atom is -0.378 e. The minimum absolute atomic E-state index is 0.415. The zero-order valence-corrected chi connectivity index (χ0v) is 19.5. The lowest BCUT2D eigenvalue weighted by Gasteiger charge is -2.37. The molecule has 0 radical (unpaired) electrons. The van der Waals surface area contributed by atoms with Crippen molar-refractivity contribution in [1.82, 2.24) is 0 Å². The highest BCUT2D eigenvalue weighted by Crippen LogP contribution is 2.72. The van der Waals surface area contributed by atoms with Crippen molar-refractivity contribution in [3.05, 3.63) is 0 Å². The van der Waals surface area contributed by atoms with E-state index in [0.29, 0.717) is 36.6 Å². The van der Waals surface area contributed by atoms with Gasteiger partial charge in [-0.1, -0.05) is 0 Å². The maximum atomic E-state index is 5.91. The van der Waals surface area contributed by atoms with Crippen LogP contribution in [0.2, 0.25) is 0 Å². The molecule has 4 saturated heterocycles. The molecule has 6 nitrogen and oxygen atoms in total. The van der Waals surface area contributed by atoms with Crippen LogP contribution >= 0.6 is 0 Å². The van der Waals surface area contributed by atoms with Gasteiger partial charge in [0.2, 0.25) is 0 Å². The summed E-state index contributed by atoms with van der Waals surface area (Å²) in [6.45, 7) is 5.41. The summed E-state index contributed by atoms with van der Waals surface area (Å²) in [5.41, 5.74) is 0. The molecule has 4 aliphatic heterocycles. The Morgan fingerprint density at radius 3 is 1.76 bits per heavy atom. The normalized spacial score (nSPS) is 62.5. The Hall–Kier alpha value is -0.240. The molecule has 10 aliphatic rings. The first-order valence-corrected chi connectivity index (χ1v) is 14.0. The zero-order valence-electron chi connectivity index (χ0n) is 19.5. The molecule has 0 spiro atoms. The minimum atomic E-state index is 0.415. The third-order valence-corrected chi connectivity index (χ3v) is 11.5. The molecule has 0 N–H and O–H groups in total. The highest BCUT2D eigenvalue weighted by Gasteiger charge is 2.73. The summed E-state index contributed by atoms with van der Waals surface area (Å²) in [6.07, 6.45) is 10.7. The maximum absolute atomic E-state index is 5.91. The summed E-state index contributed by atoms with van der Waals surface area (Å²) in [6, 6.07) is 0. The Labute approximate surface area is 196 Å². The van der Waals surface area contributed by atoms with E-state index in [2.05, 4.69) is 0 Å². The molecule has 16 atom stereocenters. The van der Waals surface area contributed by atoms with E-state index >= 15 is 0 Å². The van der Waals surface area contributed by atoms with Gasteiger partial charge in [0, 0.05) is 13.2 Å². The van der Waals surface area contributed by atoms with E-state index in [4.69, 9.17) is 28.4 Å². The van der Waals surface area contributed by atoms with E-state index in [0.717, 1.165) is 98.8 Å². The van der Waals surface area contributed by atoms with Crippen molar-refractivity contribution in [2.45, 2.75) is 68.7 Å². The Morgan fingerprint density at radius 2 is 1.09 bits per heavy atom. The molecule has 0 aromatic carbocycles. The van der Waals surface area contributed by atoms with Gasteiger partial charge in [-0.15, -0.1) is 0 Å². The van der Waals surface area contributed by atoms with Gasteiger partial charge in [0.1, 0.15) is 12.2 Å². The summed E-state index contributed by atoms with van der Waals surface area (Å²) in [5, 5.41) is 0. The second-order valence-corrected chi connectivity index (χ2v) is 13.1.